The summed E-state index contributed by atoms with van der Waals surface area (Å²) in [6, 6.07) is 27.5. The van der Waals surface area contributed by atoms with Crippen molar-refractivity contribution in [3.63, 3.8) is 0 Å². The summed E-state index contributed by atoms with van der Waals surface area (Å²) in [6.07, 6.45) is 0. The van der Waals surface area contributed by atoms with Crippen molar-refractivity contribution < 1.29 is 13.6 Å². The van der Waals surface area contributed by atoms with Crippen LogP contribution in [0.1, 0.15) is 10.4 Å². The fourth-order valence-electron chi connectivity index (χ4n) is 3.88. The van der Waals surface area contributed by atoms with Gasteiger partial charge in [0.15, 0.2) is 0 Å². The summed E-state index contributed by atoms with van der Waals surface area (Å²) >= 11 is 0. The quantitative estimate of drug-likeness (QED) is 0.331. The second-order valence-electron chi connectivity index (χ2n) is 7.86. The van der Waals surface area contributed by atoms with E-state index in [0.29, 0.717) is 28.2 Å². The van der Waals surface area contributed by atoms with Gasteiger partial charge in [-0.15, -0.1) is 0 Å². The third kappa shape index (κ3) is 4.39. The predicted octanol–water partition coefficient (Wildman–Crippen LogP) is 6.03. The monoisotopic (exact) mass is 467 g/mol. The third-order valence-corrected chi connectivity index (χ3v) is 5.57. The highest BCUT2D eigenvalue weighted by Gasteiger charge is 2.19. The molecule has 0 saturated heterocycles. The maximum atomic E-state index is 13.9. The Morgan fingerprint density at radius 2 is 1.49 bits per heavy atom. The fraction of sp³-hybridized carbons (Fsp3) is 0. The molecular formula is C28H19F2N3O2. The third-order valence-electron chi connectivity index (χ3n) is 5.57. The van der Waals surface area contributed by atoms with Crippen LogP contribution < -0.4 is 10.9 Å². The van der Waals surface area contributed by atoms with Gasteiger partial charge in [0.2, 0.25) is 0 Å². The molecule has 7 heteroatoms. The van der Waals surface area contributed by atoms with Gasteiger partial charge in [0.1, 0.15) is 11.6 Å². The van der Waals surface area contributed by atoms with Gasteiger partial charge in [-0.2, -0.15) is 0 Å². The zero-order valence-electron chi connectivity index (χ0n) is 18.3. The Morgan fingerprint density at radius 1 is 0.771 bits per heavy atom. The van der Waals surface area contributed by atoms with Gasteiger partial charge in [0, 0.05) is 11.3 Å². The van der Waals surface area contributed by atoms with E-state index in [9.17, 15) is 18.4 Å². The van der Waals surface area contributed by atoms with E-state index in [2.05, 4.69) is 10.4 Å². The maximum absolute atomic E-state index is 13.9. The molecule has 0 bridgehead atoms. The van der Waals surface area contributed by atoms with E-state index in [0.717, 1.165) is 5.56 Å². The average molecular weight is 467 g/mol. The van der Waals surface area contributed by atoms with Crippen molar-refractivity contribution in [3.8, 4) is 28.1 Å². The standard InChI is InChI=1S/C28H19F2N3O2/c29-20-9-6-10-22(17-20)33-28(35)25(26(32-33)19-7-2-1-3-8-19)18-13-15-21(16-14-18)31-27(34)23-11-4-5-12-24(23)30/h1-17,32H,(H,31,34). The second-order valence-corrected chi connectivity index (χ2v) is 7.86. The largest absolute Gasteiger partial charge is 0.322 e. The zero-order chi connectivity index (χ0) is 24.4. The van der Waals surface area contributed by atoms with Gasteiger partial charge in [0.25, 0.3) is 11.5 Å². The molecule has 0 aliphatic heterocycles. The highest BCUT2D eigenvalue weighted by Crippen LogP contribution is 2.30. The van der Waals surface area contributed by atoms with E-state index in [1.807, 2.05) is 30.3 Å². The number of nitrogens with one attached hydrogen (secondary N) is 2. The van der Waals surface area contributed by atoms with E-state index in [1.54, 1.807) is 36.4 Å². The van der Waals surface area contributed by atoms with Crippen LogP contribution in [0.5, 0.6) is 0 Å². The lowest BCUT2D eigenvalue weighted by Gasteiger charge is -2.08. The number of hydrogen-bond acceptors (Lipinski definition) is 2. The number of H-pyrrole nitrogens is 1. The number of amides is 1. The molecule has 0 aliphatic carbocycles. The Labute approximate surface area is 199 Å². The molecule has 5 rings (SSSR count). The molecule has 0 saturated carbocycles. The number of benzene rings is 4. The number of anilines is 1. The number of rotatable bonds is 5. The molecule has 0 radical (unpaired) electrons. The van der Waals surface area contributed by atoms with E-state index < -0.39 is 17.5 Å². The van der Waals surface area contributed by atoms with Crippen molar-refractivity contribution in [3.05, 3.63) is 131 Å². The van der Waals surface area contributed by atoms with Crippen LogP contribution in [-0.4, -0.2) is 15.7 Å². The molecule has 0 unspecified atom stereocenters. The molecule has 5 nitrogen and oxygen atoms in total. The van der Waals surface area contributed by atoms with Crippen LogP contribution in [0, 0.1) is 11.6 Å². The zero-order valence-corrected chi connectivity index (χ0v) is 18.3. The van der Waals surface area contributed by atoms with Crippen molar-refractivity contribution in [2.75, 3.05) is 5.32 Å². The van der Waals surface area contributed by atoms with E-state index in [1.165, 1.54) is 41.1 Å². The normalized spacial score (nSPS) is 10.8. The molecule has 1 aromatic heterocycles. The molecule has 35 heavy (non-hydrogen) atoms. The number of aromatic nitrogens is 2. The maximum Gasteiger partial charge on any atom is 0.279 e. The SMILES string of the molecule is O=C(Nc1ccc(-c2c(-c3ccccc3)[nH]n(-c3cccc(F)c3)c2=O)cc1)c1ccccc1F. The van der Waals surface area contributed by atoms with Crippen LogP contribution in [-0.2, 0) is 0 Å². The molecular weight excluding hydrogens is 448 g/mol. The van der Waals surface area contributed by atoms with Crippen molar-refractivity contribution in [1.29, 1.82) is 0 Å². The number of aromatic amines is 1. The Kier molecular flexibility index (Phi) is 5.81. The summed E-state index contributed by atoms with van der Waals surface area (Å²) in [5.74, 6) is -1.64. The average Bonchev–Trinajstić information content (AvgIpc) is 3.22. The molecule has 0 atom stereocenters. The second kappa shape index (κ2) is 9.23. The van der Waals surface area contributed by atoms with Crippen LogP contribution in [0.2, 0.25) is 0 Å². The first kappa shape index (κ1) is 22.0. The molecule has 172 valence electrons. The minimum absolute atomic E-state index is 0.0634. The Hall–Kier alpha value is -4.78. The van der Waals surface area contributed by atoms with E-state index in [4.69, 9.17) is 0 Å². The van der Waals surface area contributed by atoms with Crippen LogP contribution in [0.4, 0.5) is 14.5 Å². The smallest absolute Gasteiger partial charge is 0.279 e. The van der Waals surface area contributed by atoms with Gasteiger partial charge < -0.3 is 5.32 Å². The first-order valence-corrected chi connectivity index (χ1v) is 10.8. The van der Waals surface area contributed by atoms with Crippen LogP contribution >= 0.6 is 0 Å². The summed E-state index contributed by atoms with van der Waals surface area (Å²) < 4.78 is 29.1. The predicted molar refractivity (Wildman–Crippen MR) is 132 cm³/mol. The summed E-state index contributed by atoms with van der Waals surface area (Å²) in [5.41, 5.74) is 2.76. The summed E-state index contributed by atoms with van der Waals surface area (Å²) in [4.78, 5) is 25.9. The lowest BCUT2D eigenvalue weighted by molar-refractivity contribution is 0.102. The highest BCUT2D eigenvalue weighted by molar-refractivity contribution is 6.04. The van der Waals surface area contributed by atoms with Gasteiger partial charge in [-0.25, -0.2) is 13.5 Å². The summed E-state index contributed by atoms with van der Waals surface area (Å²) in [7, 11) is 0. The molecule has 2 N–H and O–H groups in total. The van der Waals surface area contributed by atoms with Crippen molar-refractivity contribution in [2.24, 2.45) is 0 Å². The molecule has 1 heterocycles. The Morgan fingerprint density at radius 3 is 2.20 bits per heavy atom. The van der Waals surface area contributed by atoms with Crippen LogP contribution in [0.3, 0.4) is 0 Å². The van der Waals surface area contributed by atoms with Crippen LogP contribution in [0.15, 0.2) is 108 Å². The first-order chi connectivity index (χ1) is 17.0. The van der Waals surface area contributed by atoms with Gasteiger partial charge in [-0.1, -0.05) is 60.7 Å². The molecule has 0 aliphatic rings. The van der Waals surface area contributed by atoms with Crippen molar-refractivity contribution >= 4 is 11.6 Å². The Bertz CT molecular complexity index is 1570. The topological polar surface area (TPSA) is 66.9 Å². The van der Waals surface area contributed by atoms with Gasteiger partial charge in [-0.3, -0.25) is 14.7 Å². The van der Waals surface area contributed by atoms with E-state index in [-0.39, 0.29) is 11.1 Å². The minimum Gasteiger partial charge on any atom is -0.322 e. The molecule has 0 spiro atoms. The van der Waals surface area contributed by atoms with Crippen LogP contribution in [0.25, 0.3) is 28.1 Å². The van der Waals surface area contributed by atoms with Crippen molar-refractivity contribution in [1.82, 2.24) is 9.78 Å². The fourth-order valence-corrected chi connectivity index (χ4v) is 3.88. The van der Waals surface area contributed by atoms with Gasteiger partial charge >= 0.3 is 0 Å². The molecule has 1 amide bonds. The summed E-state index contributed by atoms with van der Waals surface area (Å²) in [5, 5.41) is 5.77. The lowest BCUT2D eigenvalue weighted by atomic mass is 10.0. The van der Waals surface area contributed by atoms with Gasteiger partial charge in [-0.05, 0) is 48.0 Å². The number of halogens is 2. The Balaban J connectivity index is 1.54. The van der Waals surface area contributed by atoms with Crippen molar-refractivity contribution in [2.45, 2.75) is 0 Å². The van der Waals surface area contributed by atoms with Gasteiger partial charge in [0.05, 0.1) is 22.5 Å². The first-order valence-electron chi connectivity index (χ1n) is 10.8. The molecule has 0 fully saturated rings. The number of carbonyl (C=O) groups excluding carboxylic acids is 1. The van der Waals surface area contributed by atoms with E-state index >= 15 is 0 Å². The highest BCUT2D eigenvalue weighted by atomic mass is 19.1. The molecule has 5 aromatic rings. The molecule has 4 aromatic carbocycles. The minimum atomic E-state index is -0.612. The lowest BCUT2D eigenvalue weighted by Crippen LogP contribution is -2.16. The number of nitrogens with zero attached hydrogens (tertiary/aromatic N) is 1. The number of hydrogen-bond donors (Lipinski definition) is 2. The number of carbonyl (C=O) groups is 1. The summed E-state index contributed by atoms with van der Waals surface area (Å²) in [6.45, 7) is 0.